The summed E-state index contributed by atoms with van der Waals surface area (Å²) in [5.74, 6) is 0.859. The highest BCUT2D eigenvalue weighted by Gasteiger charge is 2.04. The average Bonchev–Trinajstić information content (AvgIpc) is 2.75. The monoisotopic (exact) mass is 241 g/mol. The number of thiazole rings is 1. The molecule has 0 aliphatic rings. The number of nitrogens with zero attached hydrogens (tertiary/aromatic N) is 2. The van der Waals surface area contributed by atoms with Gasteiger partial charge in [0.05, 0.1) is 0 Å². The van der Waals surface area contributed by atoms with Gasteiger partial charge < -0.3 is 5.32 Å². The van der Waals surface area contributed by atoms with E-state index in [-0.39, 0.29) is 0 Å². The summed E-state index contributed by atoms with van der Waals surface area (Å²) >= 11 is 1.63. The number of fused-ring (bicyclic) bond motifs is 1. The largest absolute Gasteiger partial charge is 0.316 e. The first-order valence-electron chi connectivity index (χ1n) is 5.36. The number of aromatic nitrogens is 2. The molecule has 0 bridgehead atoms. The maximum atomic E-state index is 4.37. The van der Waals surface area contributed by atoms with Gasteiger partial charge >= 0.3 is 0 Å². The van der Waals surface area contributed by atoms with Crippen molar-refractivity contribution >= 4 is 33.1 Å². The predicted octanol–water partition coefficient (Wildman–Crippen LogP) is 3.74. The van der Waals surface area contributed by atoms with E-state index >= 15 is 0 Å². The van der Waals surface area contributed by atoms with E-state index in [0.29, 0.717) is 0 Å². The van der Waals surface area contributed by atoms with E-state index in [1.54, 1.807) is 11.3 Å². The van der Waals surface area contributed by atoms with Crippen molar-refractivity contribution in [3.8, 4) is 0 Å². The van der Waals surface area contributed by atoms with E-state index in [9.17, 15) is 0 Å². The molecule has 2 heterocycles. The first kappa shape index (κ1) is 10.2. The van der Waals surface area contributed by atoms with Gasteiger partial charge in [0.1, 0.15) is 5.82 Å². The number of aryl methyl sites for hydroxylation is 1. The second kappa shape index (κ2) is 4.14. The SMILES string of the molecule is Cc1cnc(Nc2nccc3ccccc23)s1. The van der Waals surface area contributed by atoms with E-state index in [0.717, 1.165) is 16.3 Å². The second-order valence-corrected chi connectivity index (χ2v) is 5.02. The fourth-order valence-electron chi connectivity index (χ4n) is 1.73. The van der Waals surface area contributed by atoms with Gasteiger partial charge in [-0.25, -0.2) is 9.97 Å². The Morgan fingerprint density at radius 2 is 2.00 bits per heavy atom. The van der Waals surface area contributed by atoms with Crippen LogP contribution < -0.4 is 5.32 Å². The van der Waals surface area contributed by atoms with Crippen molar-refractivity contribution < 1.29 is 0 Å². The van der Waals surface area contributed by atoms with Crippen LogP contribution in [0, 0.1) is 6.92 Å². The molecule has 1 aromatic carbocycles. The van der Waals surface area contributed by atoms with Crippen LogP contribution in [0.15, 0.2) is 42.7 Å². The Balaban J connectivity index is 2.05. The van der Waals surface area contributed by atoms with Gasteiger partial charge in [-0.3, -0.25) is 0 Å². The van der Waals surface area contributed by atoms with Gasteiger partial charge in [-0.15, -0.1) is 11.3 Å². The van der Waals surface area contributed by atoms with Crippen molar-refractivity contribution in [2.75, 3.05) is 5.32 Å². The molecule has 4 heteroatoms. The molecule has 0 spiro atoms. The van der Waals surface area contributed by atoms with Crippen LogP contribution in [0.4, 0.5) is 10.9 Å². The van der Waals surface area contributed by atoms with E-state index < -0.39 is 0 Å². The summed E-state index contributed by atoms with van der Waals surface area (Å²) < 4.78 is 0. The van der Waals surface area contributed by atoms with E-state index in [1.165, 1.54) is 10.3 Å². The van der Waals surface area contributed by atoms with Crippen LogP contribution in [-0.4, -0.2) is 9.97 Å². The highest BCUT2D eigenvalue weighted by atomic mass is 32.1. The van der Waals surface area contributed by atoms with Gasteiger partial charge in [0.15, 0.2) is 5.13 Å². The van der Waals surface area contributed by atoms with Crippen molar-refractivity contribution in [3.63, 3.8) is 0 Å². The molecule has 0 atom stereocenters. The molecular formula is C13H11N3S. The lowest BCUT2D eigenvalue weighted by Gasteiger charge is -2.05. The molecule has 3 nitrogen and oxygen atoms in total. The molecule has 0 fully saturated rings. The molecular weight excluding hydrogens is 230 g/mol. The second-order valence-electron chi connectivity index (χ2n) is 3.78. The van der Waals surface area contributed by atoms with Crippen molar-refractivity contribution in [3.05, 3.63) is 47.6 Å². The lowest BCUT2D eigenvalue weighted by atomic mass is 10.2. The predicted molar refractivity (Wildman–Crippen MR) is 71.9 cm³/mol. The van der Waals surface area contributed by atoms with Crippen LogP contribution in [0.3, 0.4) is 0 Å². The smallest absolute Gasteiger partial charge is 0.188 e. The highest BCUT2D eigenvalue weighted by Crippen LogP contribution is 2.26. The zero-order chi connectivity index (χ0) is 11.7. The molecule has 0 amide bonds. The summed E-state index contributed by atoms with van der Waals surface area (Å²) in [4.78, 5) is 9.84. The third-order valence-corrected chi connectivity index (χ3v) is 3.35. The summed E-state index contributed by atoms with van der Waals surface area (Å²) in [6.07, 6.45) is 3.67. The van der Waals surface area contributed by atoms with E-state index in [4.69, 9.17) is 0 Å². The Bertz CT molecular complexity index is 655. The van der Waals surface area contributed by atoms with Crippen LogP contribution in [0.2, 0.25) is 0 Å². The third kappa shape index (κ3) is 1.99. The van der Waals surface area contributed by atoms with Crippen molar-refractivity contribution in [2.45, 2.75) is 6.92 Å². The maximum absolute atomic E-state index is 4.37. The quantitative estimate of drug-likeness (QED) is 0.742. The van der Waals surface area contributed by atoms with Crippen LogP contribution in [0.1, 0.15) is 4.88 Å². The highest BCUT2D eigenvalue weighted by molar-refractivity contribution is 7.15. The van der Waals surface area contributed by atoms with Crippen LogP contribution in [0.5, 0.6) is 0 Å². The number of hydrogen-bond donors (Lipinski definition) is 1. The zero-order valence-electron chi connectivity index (χ0n) is 9.34. The van der Waals surface area contributed by atoms with E-state index in [1.807, 2.05) is 37.5 Å². The van der Waals surface area contributed by atoms with Gasteiger partial charge in [-0.2, -0.15) is 0 Å². The molecule has 0 saturated carbocycles. The first-order valence-corrected chi connectivity index (χ1v) is 6.18. The van der Waals surface area contributed by atoms with Crippen molar-refractivity contribution in [1.82, 2.24) is 9.97 Å². The minimum Gasteiger partial charge on any atom is -0.316 e. The molecule has 0 aliphatic heterocycles. The van der Waals surface area contributed by atoms with Gasteiger partial charge in [-0.1, -0.05) is 24.3 Å². The Morgan fingerprint density at radius 3 is 2.82 bits per heavy atom. The summed E-state index contributed by atoms with van der Waals surface area (Å²) in [5.41, 5.74) is 0. The summed E-state index contributed by atoms with van der Waals surface area (Å²) in [7, 11) is 0. The first-order chi connectivity index (χ1) is 8.33. The van der Waals surface area contributed by atoms with Crippen molar-refractivity contribution in [1.29, 1.82) is 0 Å². The van der Waals surface area contributed by atoms with Crippen molar-refractivity contribution in [2.24, 2.45) is 0 Å². The molecule has 1 N–H and O–H groups in total. The summed E-state index contributed by atoms with van der Waals surface area (Å²) in [6.45, 7) is 2.04. The molecule has 0 radical (unpaired) electrons. The minimum atomic E-state index is 0.859. The molecule has 0 unspecified atom stereocenters. The summed E-state index contributed by atoms with van der Waals surface area (Å²) in [6, 6.07) is 10.2. The molecule has 84 valence electrons. The molecule has 3 rings (SSSR count). The van der Waals surface area contributed by atoms with E-state index in [2.05, 4.69) is 27.4 Å². The molecule has 2 aromatic heterocycles. The number of pyridine rings is 1. The topological polar surface area (TPSA) is 37.8 Å². The summed E-state index contributed by atoms with van der Waals surface area (Å²) in [5, 5.41) is 6.44. The lowest BCUT2D eigenvalue weighted by molar-refractivity contribution is 1.30. The maximum Gasteiger partial charge on any atom is 0.188 e. The molecule has 3 aromatic rings. The van der Waals surface area contributed by atoms with Crippen LogP contribution in [-0.2, 0) is 0 Å². The fraction of sp³-hybridized carbons (Fsp3) is 0.0769. The Morgan fingerprint density at radius 1 is 1.12 bits per heavy atom. The normalized spacial score (nSPS) is 10.6. The van der Waals surface area contributed by atoms with Gasteiger partial charge in [0.2, 0.25) is 0 Å². The van der Waals surface area contributed by atoms with Gasteiger partial charge in [0.25, 0.3) is 0 Å². The minimum absolute atomic E-state index is 0.859. The molecule has 0 aliphatic carbocycles. The Kier molecular flexibility index (Phi) is 2.49. The van der Waals surface area contributed by atoms with Crippen LogP contribution in [0.25, 0.3) is 10.8 Å². The Hall–Kier alpha value is -1.94. The number of benzene rings is 1. The standard InChI is InChI=1S/C13H11N3S/c1-9-8-15-13(17-9)16-12-11-5-3-2-4-10(11)6-7-14-12/h2-8H,1H3,(H,14,15,16). The lowest BCUT2D eigenvalue weighted by Crippen LogP contribution is -1.93. The number of anilines is 2. The van der Waals surface area contributed by atoms with Crippen LogP contribution >= 0.6 is 11.3 Å². The molecule has 17 heavy (non-hydrogen) atoms. The number of rotatable bonds is 2. The fourth-order valence-corrected chi connectivity index (χ4v) is 2.40. The number of hydrogen-bond acceptors (Lipinski definition) is 4. The third-order valence-electron chi connectivity index (χ3n) is 2.52. The Labute approximate surface area is 103 Å². The number of nitrogens with one attached hydrogen (secondary N) is 1. The zero-order valence-corrected chi connectivity index (χ0v) is 10.2. The van der Waals surface area contributed by atoms with Gasteiger partial charge in [-0.05, 0) is 18.4 Å². The average molecular weight is 241 g/mol. The van der Waals surface area contributed by atoms with Gasteiger partial charge in [0, 0.05) is 22.7 Å². The molecule has 0 saturated heterocycles.